The lowest BCUT2D eigenvalue weighted by atomic mass is 9.68. The number of hydrogen-bond acceptors (Lipinski definition) is 2. The first-order valence-electron chi connectivity index (χ1n) is 7.08. The summed E-state index contributed by atoms with van der Waals surface area (Å²) >= 11 is 0. The van der Waals surface area contributed by atoms with E-state index in [1.54, 1.807) is 0 Å². The van der Waals surface area contributed by atoms with Gasteiger partial charge in [-0.3, -0.25) is 4.79 Å². The summed E-state index contributed by atoms with van der Waals surface area (Å²) in [6, 6.07) is 8.30. The van der Waals surface area contributed by atoms with Gasteiger partial charge in [-0.2, -0.15) is 0 Å². The predicted molar refractivity (Wildman–Crippen MR) is 77.6 cm³/mol. The molecule has 0 aliphatic heterocycles. The second-order valence-corrected chi connectivity index (χ2v) is 6.72. The third-order valence-electron chi connectivity index (χ3n) is 4.69. The lowest BCUT2D eigenvalue weighted by molar-refractivity contribution is -0.148. The molecular weight excluding hydrogens is 236 g/mol. The molecule has 1 unspecified atom stereocenters. The van der Waals surface area contributed by atoms with E-state index in [1.807, 2.05) is 26.0 Å². The lowest BCUT2D eigenvalue weighted by Crippen LogP contribution is -2.52. The van der Waals surface area contributed by atoms with Crippen LogP contribution in [-0.2, 0) is 10.2 Å². The summed E-state index contributed by atoms with van der Waals surface area (Å²) in [5.74, 6) is 1.16. The van der Waals surface area contributed by atoms with Crippen molar-refractivity contribution in [1.82, 2.24) is 0 Å². The Morgan fingerprint density at radius 1 is 1.26 bits per heavy atom. The van der Waals surface area contributed by atoms with Crippen LogP contribution in [0.1, 0.15) is 53.0 Å². The molecule has 0 bridgehead atoms. The Balaban J connectivity index is 2.06. The molecule has 0 spiro atoms. The van der Waals surface area contributed by atoms with Gasteiger partial charge in [0.2, 0.25) is 0 Å². The van der Waals surface area contributed by atoms with Gasteiger partial charge in [-0.25, -0.2) is 0 Å². The zero-order valence-electron chi connectivity index (χ0n) is 12.6. The number of benzene rings is 1. The molecule has 0 aromatic heterocycles. The van der Waals surface area contributed by atoms with Crippen LogP contribution in [-0.4, -0.2) is 11.9 Å². The van der Waals surface area contributed by atoms with Gasteiger partial charge in [0.25, 0.3) is 0 Å². The number of ether oxygens (including phenoxy) is 1. The molecule has 1 aromatic carbocycles. The van der Waals surface area contributed by atoms with Crippen LogP contribution in [0, 0.1) is 5.41 Å². The van der Waals surface area contributed by atoms with Crippen molar-refractivity contribution in [2.75, 3.05) is 0 Å². The molecule has 1 atom stereocenters. The van der Waals surface area contributed by atoms with Crippen LogP contribution >= 0.6 is 0 Å². The zero-order valence-corrected chi connectivity index (χ0v) is 12.6. The van der Waals surface area contributed by atoms with E-state index in [1.165, 1.54) is 5.56 Å². The normalized spacial score (nSPS) is 21.9. The second-order valence-electron chi connectivity index (χ2n) is 6.72. The molecular formula is C17H24O2. The molecule has 2 nitrogen and oxygen atoms in total. The maximum atomic E-state index is 11.5. The number of carbonyl (C=O) groups is 1. The van der Waals surface area contributed by atoms with Crippen molar-refractivity contribution in [2.24, 2.45) is 5.41 Å². The molecule has 0 saturated heterocycles. The minimum absolute atomic E-state index is 0.0186. The Morgan fingerprint density at radius 3 is 2.26 bits per heavy atom. The molecule has 2 heteroatoms. The molecule has 0 heterocycles. The van der Waals surface area contributed by atoms with Crippen molar-refractivity contribution in [3.8, 4) is 5.75 Å². The number of Topliss-reactive ketones (excluding diaryl/α,β-unsaturated/α-hetero) is 1. The standard InChI is InChI=1S/C17H24O2/c1-6-16(2,3)12-7-9-13(10-8-12)19-15-11-14(18)17(15,4)5/h7-10,15H,6,11H2,1-5H3. The lowest BCUT2D eigenvalue weighted by Gasteiger charge is -2.42. The third-order valence-corrected chi connectivity index (χ3v) is 4.69. The van der Waals surface area contributed by atoms with Crippen molar-refractivity contribution < 1.29 is 9.53 Å². The largest absolute Gasteiger partial charge is 0.489 e. The van der Waals surface area contributed by atoms with Crippen LogP contribution in [0.2, 0.25) is 0 Å². The molecule has 104 valence electrons. The van der Waals surface area contributed by atoms with Gasteiger partial charge in [0, 0.05) is 6.42 Å². The Hall–Kier alpha value is -1.31. The van der Waals surface area contributed by atoms with Crippen LogP contribution in [0.25, 0.3) is 0 Å². The van der Waals surface area contributed by atoms with Gasteiger partial charge in [-0.05, 0) is 43.4 Å². The van der Waals surface area contributed by atoms with E-state index in [0.29, 0.717) is 12.2 Å². The molecule has 0 amide bonds. The summed E-state index contributed by atoms with van der Waals surface area (Å²) < 4.78 is 5.92. The highest BCUT2D eigenvalue weighted by molar-refractivity contribution is 5.91. The Labute approximate surface area is 116 Å². The van der Waals surface area contributed by atoms with Crippen LogP contribution in [0.3, 0.4) is 0 Å². The van der Waals surface area contributed by atoms with Gasteiger partial charge in [0.1, 0.15) is 17.6 Å². The minimum atomic E-state index is -0.332. The van der Waals surface area contributed by atoms with Crippen LogP contribution < -0.4 is 4.74 Å². The molecule has 1 aromatic rings. The Bertz CT molecular complexity index is 469. The fraction of sp³-hybridized carbons (Fsp3) is 0.588. The Morgan fingerprint density at radius 2 is 1.84 bits per heavy atom. The maximum Gasteiger partial charge on any atom is 0.145 e. The topological polar surface area (TPSA) is 26.3 Å². The van der Waals surface area contributed by atoms with Gasteiger partial charge in [0.15, 0.2) is 0 Å². The molecule has 1 saturated carbocycles. The van der Waals surface area contributed by atoms with Crippen molar-refractivity contribution in [2.45, 2.75) is 59.0 Å². The predicted octanol–water partition coefficient (Wildman–Crippen LogP) is 4.12. The fourth-order valence-electron chi connectivity index (χ4n) is 2.28. The van der Waals surface area contributed by atoms with E-state index in [-0.39, 0.29) is 16.9 Å². The molecule has 1 aliphatic rings. The average Bonchev–Trinajstić information content (AvgIpc) is 2.39. The van der Waals surface area contributed by atoms with E-state index in [2.05, 4.69) is 32.9 Å². The van der Waals surface area contributed by atoms with Gasteiger partial charge >= 0.3 is 0 Å². The first-order valence-corrected chi connectivity index (χ1v) is 7.08. The minimum Gasteiger partial charge on any atom is -0.489 e. The highest BCUT2D eigenvalue weighted by Crippen LogP contribution is 2.39. The zero-order chi connectivity index (χ0) is 14.3. The van der Waals surface area contributed by atoms with Crippen molar-refractivity contribution in [3.05, 3.63) is 29.8 Å². The van der Waals surface area contributed by atoms with Gasteiger partial charge in [-0.15, -0.1) is 0 Å². The maximum absolute atomic E-state index is 11.5. The quantitative estimate of drug-likeness (QED) is 0.814. The van der Waals surface area contributed by atoms with E-state index in [0.717, 1.165) is 12.2 Å². The number of hydrogen-bond donors (Lipinski definition) is 0. The van der Waals surface area contributed by atoms with Crippen molar-refractivity contribution in [1.29, 1.82) is 0 Å². The van der Waals surface area contributed by atoms with Crippen LogP contribution in [0.5, 0.6) is 5.75 Å². The van der Waals surface area contributed by atoms with Crippen LogP contribution in [0.4, 0.5) is 0 Å². The average molecular weight is 260 g/mol. The molecule has 19 heavy (non-hydrogen) atoms. The first kappa shape index (κ1) is 14.1. The first-order chi connectivity index (χ1) is 8.77. The van der Waals surface area contributed by atoms with Gasteiger partial charge in [0.05, 0.1) is 5.41 Å². The summed E-state index contributed by atoms with van der Waals surface area (Å²) in [5.41, 5.74) is 1.19. The molecule has 2 rings (SSSR count). The summed E-state index contributed by atoms with van der Waals surface area (Å²) in [7, 11) is 0. The SMILES string of the molecule is CCC(C)(C)c1ccc(OC2CC(=O)C2(C)C)cc1. The molecule has 0 N–H and O–H groups in total. The highest BCUT2D eigenvalue weighted by Gasteiger charge is 2.49. The van der Waals surface area contributed by atoms with Gasteiger partial charge in [-0.1, -0.05) is 32.9 Å². The monoisotopic (exact) mass is 260 g/mol. The second kappa shape index (κ2) is 4.66. The third kappa shape index (κ3) is 2.54. The molecule has 0 radical (unpaired) electrons. The summed E-state index contributed by atoms with van der Waals surface area (Å²) in [6.07, 6.45) is 1.66. The van der Waals surface area contributed by atoms with Gasteiger partial charge < -0.3 is 4.74 Å². The Kier molecular flexibility index (Phi) is 3.46. The van der Waals surface area contributed by atoms with E-state index in [9.17, 15) is 4.79 Å². The number of rotatable bonds is 4. The van der Waals surface area contributed by atoms with E-state index in [4.69, 9.17) is 4.74 Å². The summed E-state index contributed by atoms with van der Waals surface area (Å²) in [4.78, 5) is 11.5. The van der Waals surface area contributed by atoms with E-state index < -0.39 is 0 Å². The smallest absolute Gasteiger partial charge is 0.145 e. The van der Waals surface area contributed by atoms with E-state index >= 15 is 0 Å². The number of carbonyl (C=O) groups excluding carboxylic acids is 1. The summed E-state index contributed by atoms with van der Waals surface area (Å²) in [5, 5.41) is 0. The number of ketones is 1. The summed E-state index contributed by atoms with van der Waals surface area (Å²) in [6.45, 7) is 10.6. The highest BCUT2D eigenvalue weighted by atomic mass is 16.5. The van der Waals surface area contributed by atoms with Crippen molar-refractivity contribution in [3.63, 3.8) is 0 Å². The molecule has 1 fully saturated rings. The van der Waals surface area contributed by atoms with Crippen molar-refractivity contribution >= 4 is 5.78 Å². The molecule has 1 aliphatic carbocycles. The fourth-order valence-corrected chi connectivity index (χ4v) is 2.28. The van der Waals surface area contributed by atoms with Crippen LogP contribution in [0.15, 0.2) is 24.3 Å².